The Balaban J connectivity index is 2.52. The minimum atomic E-state index is -0.729. The van der Waals surface area contributed by atoms with Crippen molar-refractivity contribution >= 4 is 0 Å². The quantitative estimate of drug-likeness (QED) is 0.814. The minimum Gasteiger partial charge on any atom is -0.389 e. The fraction of sp³-hybridized carbons (Fsp3) is 0.500. The number of benzene rings is 1. The summed E-state index contributed by atoms with van der Waals surface area (Å²) in [6, 6.07) is 6.26. The molecule has 0 aliphatic carbocycles. The van der Waals surface area contributed by atoms with Gasteiger partial charge in [-0.15, -0.1) is 0 Å². The maximum atomic E-state index is 13.1. The highest BCUT2D eigenvalue weighted by molar-refractivity contribution is 5.34. The third kappa shape index (κ3) is 4.44. The zero-order valence-electron chi connectivity index (χ0n) is 10.8. The molecule has 0 amide bonds. The molecule has 0 aliphatic heterocycles. The summed E-state index contributed by atoms with van der Waals surface area (Å²) in [7, 11) is 0. The molecule has 3 nitrogen and oxygen atoms in total. The smallest absolute Gasteiger partial charge is 0.140 e. The molecule has 98 valence electrons. The molecule has 0 bridgehead atoms. The van der Waals surface area contributed by atoms with Crippen molar-refractivity contribution in [2.45, 2.75) is 38.8 Å². The van der Waals surface area contributed by atoms with Crippen LogP contribution in [0.2, 0.25) is 0 Å². The van der Waals surface area contributed by atoms with Gasteiger partial charge >= 0.3 is 0 Å². The van der Waals surface area contributed by atoms with Gasteiger partial charge in [0.25, 0.3) is 0 Å². The SMILES string of the molecule is CCCC(C)(O)CNCc1ccc(F)c(C#N)c1. The van der Waals surface area contributed by atoms with Crippen LogP contribution >= 0.6 is 0 Å². The molecule has 0 aromatic heterocycles. The summed E-state index contributed by atoms with van der Waals surface area (Å²) >= 11 is 0. The number of hydrogen-bond donors (Lipinski definition) is 2. The Hall–Kier alpha value is -1.44. The van der Waals surface area contributed by atoms with Gasteiger partial charge in [0, 0.05) is 13.1 Å². The molecule has 0 aliphatic rings. The van der Waals surface area contributed by atoms with E-state index in [1.807, 2.05) is 13.0 Å². The van der Waals surface area contributed by atoms with Gasteiger partial charge in [-0.25, -0.2) is 4.39 Å². The molecule has 4 heteroatoms. The Kier molecular flexibility index (Phi) is 5.26. The normalized spacial score (nSPS) is 13.9. The van der Waals surface area contributed by atoms with Crippen LogP contribution in [-0.2, 0) is 6.54 Å². The average Bonchev–Trinajstić information content (AvgIpc) is 2.31. The highest BCUT2D eigenvalue weighted by Crippen LogP contribution is 2.12. The van der Waals surface area contributed by atoms with E-state index in [1.165, 1.54) is 12.1 Å². The van der Waals surface area contributed by atoms with Gasteiger partial charge < -0.3 is 10.4 Å². The number of nitrogens with zero attached hydrogens (tertiary/aromatic N) is 1. The van der Waals surface area contributed by atoms with Crippen LogP contribution in [0.15, 0.2) is 18.2 Å². The molecule has 0 saturated carbocycles. The molecule has 0 saturated heterocycles. The van der Waals surface area contributed by atoms with Gasteiger partial charge in [-0.3, -0.25) is 0 Å². The topological polar surface area (TPSA) is 56.0 Å². The van der Waals surface area contributed by atoms with Crippen LogP contribution in [0.4, 0.5) is 4.39 Å². The van der Waals surface area contributed by atoms with Gasteiger partial charge in [-0.1, -0.05) is 19.4 Å². The van der Waals surface area contributed by atoms with Crippen LogP contribution in [0.3, 0.4) is 0 Å². The number of rotatable bonds is 6. The second kappa shape index (κ2) is 6.48. The van der Waals surface area contributed by atoms with Crippen molar-refractivity contribution in [2.24, 2.45) is 0 Å². The van der Waals surface area contributed by atoms with Crippen molar-refractivity contribution < 1.29 is 9.50 Å². The molecule has 1 aromatic carbocycles. The van der Waals surface area contributed by atoms with Crippen molar-refractivity contribution in [3.8, 4) is 6.07 Å². The van der Waals surface area contributed by atoms with E-state index in [9.17, 15) is 9.50 Å². The zero-order chi connectivity index (χ0) is 13.6. The number of aliphatic hydroxyl groups is 1. The lowest BCUT2D eigenvalue weighted by atomic mass is 10.0. The van der Waals surface area contributed by atoms with Crippen molar-refractivity contribution in [2.75, 3.05) is 6.54 Å². The predicted molar refractivity (Wildman–Crippen MR) is 68.4 cm³/mol. The third-order valence-corrected chi connectivity index (χ3v) is 2.77. The van der Waals surface area contributed by atoms with Crippen LogP contribution in [-0.4, -0.2) is 17.3 Å². The first-order chi connectivity index (χ1) is 8.48. The first kappa shape index (κ1) is 14.6. The minimum absolute atomic E-state index is 0.0506. The largest absolute Gasteiger partial charge is 0.389 e. The van der Waals surface area contributed by atoms with E-state index in [4.69, 9.17) is 5.26 Å². The summed E-state index contributed by atoms with van der Waals surface area (Å²) in [5.41, 5.74) is 0.155. The first-order valence-electron chi connectivity index (χ1n) is 6.10. The van der Waals surface area contributed by atoms with E-state index in [0.29, 0.717) is 13.1 Å². The van der Waals surface area contributed by atoms with Gasteiger partial charge in [0.15, 0.2) is 0 Å². The van der Waals surface area contributed by atoms with Crippen molar-refractivity contribution in [3.63, 3.8) is 0 Å². The lowest BCUT2D eigenvalue weighted by molar-refractivity contribution is 0.0498. The highest BCUT2D eigenvalue weighted by Gasteiger charge is 2.17. The second-order valence-electron chi connectivity index (χ2n) is 4.78. The van der Waals surface area contributed by atoms with Crippen LogP contribution in [0.25, 0.3) is 0 Å². The molecular formula is C14H19FN2O. The van der Waals surface area contributed by atoms with Gasteiger partial charge in [0.2, 0.25) is 0 Å². The summed E-state index contributed by atoms with van der Waals surface area (Å²) in [4.78, 5) is 0. The molecule has 1 aromatic rings. The summed E-state index contributed by atoms with van der Waals surface area (Å²) < 4.78 is 13.1. The fourth-order valence-corrected chi connectivity index (χ4v) is 1.87. The lowest BCUT2D eigenvalue weighted by Crippen LogP contribution is -2.37. The molecule has 0 spiro atoms. The van der Waals surface area contributed by atoms with E-state index in [2.05, 4.69) is 5.32 Å². The van der Waals surface area contributed by atoms with Gasteiger partial charge in [-0.05, 0) is 31.0 Å². The van der Waals surface area contributed by atoms with Crippen LogP contribution in [0.1, 0.15) is 37.8 Å². The van der Waals surface area contributed by atoms with E-state index >= 15 is 0 Å². The van der Waals surface area contributed by atoms with E-state index in [1.54, 1.807) is 13.0 Å². The summed E-state index contributed by atoms with van der Waals surface area (Å²) in [6.07, 6.45) is 1.65. The number of hydrogen-bond acceptors (Lipinski definition) is 3. The molecule has 0 heterocycles. The maximum absolute atomic E-state index is 13.1. The van der Waals surface area contributed by atoms with Crippen molar-refractivity contribution in [1.82, 2.24) is 5.32 Å². The fourth-order valence-electron chi connectivity index (χ4n) is 1.87. The summed E-state index contributed by atoms with van der Waals surface area (Å²) in [5.74, 6) is -0.501. The molecule has 18 heavy (non-hydrogen) atoms. The highest BCUT2D eigenvalue weighted by atomic mass is 19.1. The second-order valence-corrected chi connectivity index (χ2v) is 4.78. The average molecular weight is 250 g/mol. The van der Waals surface area contributed by atoms with E-state index < -0.39 is 11.4 Å². The lowest BCUT2D eigenvalue weighted by Gasteiger charge is -2.23. The first-order valence-corrected chi connectivity index (χ1v) is 6.10. The van der Waals surface area contributed by atoms with E-state index in [-0.39, 0.29) is 5.56 Å². The van der Waals surface area contributed by atoms with Crippen LogP contribution < -0.4 is 5.32 Å². The Bertz CT molecular complexity index is 438. The number of halogens is 1. The molecule has 1 atom stereocenters. The zero-order valence-corrected chi connectivity index (χ0v) is 10.8. The Morgan fingerprint density at radius 3 is 2.83 bits per heavy atom. The molecule has 2 N–H and O–H groups in total. The van der Waals surface area contributed by atoms with Gasteiger partial charge in [0.05, 0.1) is 11.2 Å². The predicted octanol–water partition coefficient (Wildman–Crippen LogP) is 2.34. The molecule has 0 radical (unpaired) electrons. The van der Waals surface area contributed by atoms with Crippen LogP contribution in [0.5, 0.6) is 0 Å². The summed E-state index contributed by atoms with van der Waals surface area (Å²) in [5, 5.41) is 21.8. The van der Waals surface area contributed by atoms with Gasteiger partial charge in [-0.2, -0.15) is 5.26 Å². The summed E-state index contributed by atoms with van der Waals surface area (Å²) in [6.45, 7) is 4.79. The molecule has 0 fully saturated rings. The van der Waals surface area contributed by atoms with E-state index in [0.717, 1.165) is 18.4 Å². The monoisotopic (exact) mass is 250 g/mol. The molecular weight excluding hydrogens is 231 g/mol. The van der Waals surface area contributed by atoms with Gasteiger partial charge in [0.1, 0.15) is 11.9 Å². The standard InChI is InChI=1S/C14H19FN2O/c1-3-6-14(2,18)10-17-9-11-4-5-13(15)12(7-11)8-16/h4-5,7,17-18H,3,6,9-10H2,1-2H3. The maximum Gasteiger partial charge on any atom is 0.140 e. The Labute approximate surface area is 107 Å². The Morgan fingerprint density at radius 2 is 2.22 bits per heavy atom. The van der Waals surface area contributed by atoms with Crippen LogP contribution in [0, 0.1) is 17.1 Å². The Morgan fingerprint density at radius 1 is 1.50 bits per heavy atom. The molecule has 1 unspecified atom stereocenters. The third-order valence-electron chi connectivity index (χ3n) is 2.77. The van der Waals surface area contributed by atoms with Crippen molar-refractivity contribution in [1.29, 1.82) is 5.26 Å². The van der Waals surface area contributed by atoms with Crippen molar-refractivity contribution in [3.05, 3.63) is 35.1 Å². The number of nitrogens with one attached hydrogen (secondary N) is 1. The molecule has 1 rings (SSSR count). The number of nitriles is 1.